The number of aromatic nitrogens is 2. The van der Waals surface area contributed by atoms with Gasteiger partial charge < -0.3 is 26.2 Å². The SMILES string of the molecule is CN1CCN(S(=O)(=O)c2ccc(-c3cnc(N)c(C(=O)NCCN4CCNC4=O)n3)cc2)CC1.Cl. The quantitative estimate of drug-likeness (QED) is 0.451. The van der Waals surface area contributed by atoms with E-state index in [0.717, 1.165) is 0 Å². The topological polar surface area (TPSA) is 154 Å². The number of urea groups is 1. The van der Waals surface area contributed by atoms with Crippen LogP contribution in [0.2, 0.25) is 0 Å². The van der Waals surface area contributed by atoms with Crippen molar-refractivity contribution in [1.29, 1.82) is 0 Å². The number of piperazine rings is 1. The summed E-state index contributed by atoms with van der Waals surface area (Å²) in [6, 6.07) is 6.17. The summed E-state index contributed by atoms with van der Waals surface area (Å²) in [7, 11) is -1.61. The van der Waals surface area contributed by atoms with Gasteiger partial charge in [-0.15, -0.1) is 12.4 Å². The van der Waals surface area contributed by atoms with Gasteiger partial charge in [-0.05, 0) is 19.2 Å². The number of amides is 3. The number of carbonyl (C=O) groups excluding carboxylic acids is 2. The third-order valence-corrected chi connectivity index (χ3v) is 7.79. The van der Waals surface area contributed by atoms with Crippen molar-refractivity contribution in [3.05, 3.63) is 36.2 Å². The zero-order valence-corrected chi connectivity index (χ0v) is 20.9. The fraction of sp³-hybridized carbons (Fsp3) is 0.429. The van der Waals surface area contributed by atoms with Crippen LogP contribution in [0, 0.1) is 0 Å². The number of nitrogens with one attached hydrogen (secondary N) is 2. The number of anilines is 1. The molecule has 0 spiro atoms. The second-order valence-electron chi connectivity index (χ2n) is 8.20. The average Bonchev–Trinajstić information content (AvgIpc) is 3.24. The first-order chi connectivity index (χ1) is 16.3. The van der Waals surface area contributed by atoms with Crippen molar-refractivity contribution in [2.45, 2.75) is 4.90 Å². The van der Waals surface area contributed by atoms with Crippen LogP contribution < -0.4 is 16.4 Å². The third-order valence-electron chi connectivity index (χ3n) is 5.88. The number of benzene rings is 1. The molecule has 2 fully saturated rings. The minimum absolute atomic E-state index is 0. The van der Waals surface area contributed by atoms with Gasteiger partial charge in [0, 0.05) is 57.9 Å². The smallest absolute Gasteiger partial charge is 0.317 e. The van der Waals surface area contributed by atoms with E-state index in [1.807, 2.05) is 7.05 Å². The number of sulfonamides is 1. The summed E-state index contributed by atoms with van der Waals surface area (Å²) in [5, 5.41) is 5.40. The summed E-state index contributed by atoms with van der Waals surface area (Å²) in [4.78, 5) is 36.5. The molecule has 4 rings (SSSR count). The van der Waals surface area contributed by atoms with Crippen LogP contribution >= 0.6 is 12.4 Å². The molecule has 0 atom stereocenters. The lowest BCUT2D eigenvalue weighted by molar-refractivity contribution is 0.0946. The van der Waals surface area contributed by atoms with Crippen LogP contribution in [0.1, 0.15) is 10.5 Å². The second kappa shape index (κ2) is 11.2. The highest BCUT2D eigenvalue weighted by molar-refractivity contribution is 7.89. The van der Waals surface area contributed by atoms with Crippen molar-refractivity contribution >= 4 is 40.2 Å². The Labute approximate surface area is 210 Å². The molecule has 2 saturated heterocycles. The van der Waals surface area contributed by atoms with E-state index in [0.29, 0.717) is 57.1 Å². The molecule has 2 aliphatic rings. The highest BCUT2D eigenvalue weighted by atomic mass is 35.5. The second-order valence-corrected chi connectivity index (χ2v) is 10.1. The number of hydrogen-bond acceptors (Lipinski definition) is 8. The summed E-state index contributed by atoms with van der Waals surface area (Å²) < 4.78 is 27.3. The van der Waals surface area contributed by atoms with Gasteiger partial charge in [0.15, 0.2) is 11.5 Å². The maximum atomic E-state index is 12.9. The van der Waals surface area contributed by atoms with Crippen LogP contribution in [0.25, 0.3) is 11.3 Å². The van der Waals surface area contributed by atoms with E-state index < -0.39 is 15.9 Å². The summed E-state index contributed by atoms with van der Waals surface area (Å²) in [5.74, 6) is -0.518. The molecule has 0 unspecified atom stereocenters. The van der Waals surface area contributed by atoms with Gasteiger partial charge >= 0.3 is 6.03 Å². The molecular weight excluding hydrogens is 496 g/mol. The first-order valence-corrected chi connectivity index (χ1v) is 12.4. The van der Waals surface area contributed by atoms with Crippen LogP contribution in [-0.2, 0) is 10.0 Å². The van der Waals surface area contributed by atoms with Gasteiger partial charge in [0.2, 0.25) is 10.0 Å². The lowest BCUT2D eigenvalue weighted by atomic mass is 10.1. The molecule has 14 heteroatoms. The van der Waals surface area contributed by atoms with Gasteiger partial charge in [0.25, 0.3) is 5.91 Å². The maximum absolute atomic E-state index is 12.9. The molecule has 4 N–H and O–H groups in total. The Balaban J connectivity index is 0.00000342. The molecule has 35 heavy (non-hydrogen) atoms. The largest absolute Gasteiger partial charge is 0.382 e. The minimum Gasteiger partial charge on any atom is -0.382 e. The molecule has 190 valence electrons. The standard InChI is InChI=1S/C21H28N8O4S.ClH/c1-27-10-12-29(13-11-27)34(32,33)16-4-2-15(3-5-16)17-14-25-19(22)18(26-17)20(30)23-6-8-28-9-7-24-21(28)31;/h2-5,14H,6-13H2,1H3,(H2,22,25)(H,23,30)(H,24,31);1H. The number of likely N-dealkylation sites (N-methyl/N-ethyl adjacent to an activating group) is 1. The van der Waals surface area contributed by atoms with Crippen molar-refractivity contribution in [1.82, 2.24) is 34.7 Å². The summed E-state index contributed by atoms with van der Waals surface area (Å²) >= 11 is 0. The number of nitrogen functional groups attached to an aromatic ring is 1. The molecule has 2 aliphatic heterocycles. The van der Waals surface area contributed by atoms with E-state index in [2.05, 4.69) is 25.5 Å². The Bertz CT molecular complexity index is 1170. The van der Waals surface area contributed by atoms with Crippen molar-refractivity contribution < 1.29 is 18.0 Å². The lowest BCUT2D eigenvalue weighted by Gasteiger charge is -2.31. The van der Waals surface area contributed by atoms with Gasteiger partial charge in [-0.1, -0.05) is 12.1 Å². The highest BCUT2D eigenvalue weighted by Gasteiger charge is 2.27. The number of rotatable bonds is 7. The summed E-state index contributed by atoms with van der Waals surface area (Å²) in [5.41, 5.74) is 6.83. The molecular formula is C21H29ClN8O4S. The fourth-order valence-corrected chi connectivity index (χ4v) is 5.21. The molecule has 0 radical (unpaired) electrons. The first kappa shape index (κ1) is 26.6. The van der Waals surface area contributed by atoms with Gasteiger partial charge in [-0.2, -0.15) is 4.31 Å². The molecule has 12 nitrogen and oxygen atoms in total. The zero-order valence-electron chi connectivity index (χ0n) is 19.3. The Morgan fingerprint density at radius 3 is 2.46 bits per heavy atom. The van der Waals surface area contributed by atoms with Crippen LogP contribution in [0.15, 0.2) is 35.4 Å². The summed E-state index contributed by atoms with van der Waals surface area (Å²) in [6.45, 7) is 4.07. The van der Waals surface area contributed by atoms with E-state index in [4.69, 9.17) is 5.73 Å². The summed E-state index contributed by atoms with van der Waals surface area (Å²) in [6.07, 6.45) is 1.44. The van der Waals surface area contributed by atoms with Gasteiger partial charge in [0.05, 0.1) is 16.8 Å². The molecule has 1 aromatic carbocycles. The molecule has 0 aliphatic carbocycles. The number of nitrogens with zero attached hydrogens (tertiary/aromatic N) is 5. The molecule has 3 amide bonds. The van der Waals surface area contributed by atoms with E-state index in [1.165, 1.54) is 22.6 Å². The molecule has 3 heterocycles. The molecule has 0 bridgehead atoms. The normalized spacial score (nSPS) is 17.1. The van der Waals surface area contributed by atoms with Crippen LogP contribution in [0.3, 0.4) is 0 Å². The van der Waals surface area contributed by atoms with Crippen LogP contribution in [0.5, 0.6) is 0 Å². The van der Waals surface area contributed by atoms with Crippen LogP contribution in [0.4, 0.5) is 10.6 Å². The molecule has 0 saturated carbocycles. The maximum Gasteiger partial charge on any atom is 0.317 e. The van der Waals surface area contributed by atoms with Crippen molar-refractivity contribution in [3.8, 4) is 11.3 Å². The van der Waals surface area contributed by atoms with E-state index in [-0.39, 0.29) is 41.4 Å². The predicted octanol–water partition coefficient (Wildman–Crippen LogP) is -0.161. The lowest BCUT2D eigenvalue weighted by Crippen LogP contribution is -2.46. The Morgan fingerprint density at radius 1 is 1.14 bits per heavy atom. The van der Waals surface area contributed by atoms with Crippen molar-refractivity contribution in [2.75, 3.05) is 65.1 Å². The zero-order chi connectivity index (χ0) is 24.3. The molecule has 2 aromatic rings. The predicted molar refractivity (Wildman–Crippen MR) is 133 cm³/mol. The number of carbonyl (C=O) groups is 2. The highest BCUT2D eigenvalue weighted by Crippen LogP contribution is 2.23. The Morgan fingerprint density at radius 2 is 1.83 bits per heavy atom. The van der Waals surface area contributed by atoms with E-state index >= 15 is 0 Å². The van der Waals surface area contributed by atoms with Crippen LogP contribution in [-0.4, -0.2) is 104 Å². The number of nitrogens with two attached hydrogens (primary N) is 1. The van der Waals surface area contributed by atoms with E-state index in [1.54, 1.807) is 17.0 Å². The Kier molecular flexibility index (Phi) is 8.48. The monoisotopic (exact) mass is 524 g/mol. The van der Waals surface area contributed by atoms with Crippen molar-refractivity contribution in [2.24, 2.45) is 0 Å². The fourth-order valence-electron chi connectivity index (χ4n) is 3.79. The van der Waals surface area contributed by atoms with Gasteiger partial charge in [0.1, 0.15) is 0 Å². The minimum atomic E-state index is -3.58. The first-order valence-electron chi connectivity index (χ1n) is 11.0. The van der Waals surface area contributed by atoms with Gasteiger partial charge in [-0.3, -0.25) is 4.79 Å². The Hall–Kier alpha value is -3.00. The third kappa shape index (κ3) is 5.99. The molecule has 1 aromatic heterocycles. The van der Waals surface area contributed by atoms with Crippen molar-refractivity contribution in [3.63, 3.8) is 0 Å². The van der Waals surface area contributed by atoms with Gasteiger partial charge in [-0.25, -0.2) is 23.2 Å². The average molecular weight is 525 g/mol. The van der Waals surface area contributed by atoms with E-state index in [9.17, 15) is 18.0 Å². The number of hydrogen-bond donors (Lipinski definition) is 3. The number of halogens is 1.